The van der Waals surface area contributed by atoms with Crippen molar-refractivity contribution in [3.63, 3.8) is 0 Å². The molecule has 0 atom stereocenters. The third-order valence-electron chi connectivity index (χ3n) is 3.45. The molecule has 1 heterocycles. The fourth-order valence-electron chi connectivity index (χ4n) is 2.26. The lowest BCUT2D eigenvalue weighted by atomic mass is 10.2. The molecule has 0 spiro atoms. The average Bonchev–Trinajstić information content (AvgIpc) is 2.59. The summed E-state index contributed by atoms with van der Waals surface area (Å²) in [6, 6.07) is 7.85. The molecule has 0 bridgehead atoms. The van der Waals surface area contributed by atoms with Crippen LogP contribution in [0, 0.1) is 10.1 Å². The molecule has 0 aromatic heterocycles. The van der Waals surface area contributed by atoms with Gasteiger partial charge in [-0.25, -0.2) is 0 Å². The van der Waals surface area contributed by atoms with E-state index in [0.29, 0.717) is 36.2 Å². The Morgan fingerprint density at radius 2 is 1.88 bits per heavy atom. The first-order chi connectivity index (χ1) is 11.6. The minimum absolute atomic E-state index is 0.0629. The molecule has 24 heavy (non-hydrogen) atoms. The van der Waals surface area contributed by atoms with E-state index in [0.717, 1.165) is 10.0 Å². The van der Waals surface area contributed by atoms with Crippen LogP contribution in [0.1, 0.15) is 5.56 Å². The Balaban J connectivity index is 1.83. The second-order valence-corrected chi connectivity index (χ2v) is 5.82. The summed E-state index contributed by atoms with van der Waals surface area (Å²) in [4.78, 5) is 10.4. The normalized spacial score (nSPS) is 12.6. The molecule has 2 aromatic carbocycles. The van der Waals surface area contributed by atoms with Crippen molar-refractivity contribution in [2.45, 2.75) is 6.61 Å². The zero-order chi connectivity index (χ0) is 17.1. The molecule has 7 nitrogen and oxygen atoms in total. The Kier molecular flexibility index (Phi) is 4.75. The standard InChI is InChI=1S/C16H14BrNO6/c1-21-13-3-2-11(18(19)20)7-15(13)24-9-10-6-14-16(8-12(10)17)23-5-4-22-14/h2-3,6-8H,4-5,9H2,1H3. The van der Waals surface area contributed by atoms with E-state index in [2.05, 4.69) is 15.9 Å². The number of fused-ring (bicyclic) bond motifs is 1. The molecule has 0 amide bonds. The van der Waals surface area contributed by atoms with Crippen LogP contribution in [0.25, 0.3) is 0 Å². The molecule has 0 radical (unpaired) electrons. The van der Waals surface area contributed by atoms with Crippen molar-refractivity contribution in [2.75, 3.05) is 20.3 Å². The molecule has 2 aromatic rings. The van der Waals surface area contributed by atoms with Gasteiger partial charge in [0.2, 0.25) is 0 Å². The lowest BCUT2D eigenvalue weighted by Gasteiger charge is -2.20. The number of non-ortho nitro benzene ring substituents is 1. The Morgan fingerprint density at radius 1 is 1.17 bits per heavy atom. The van der Waals surface area contributed by atoms with Crippen molar-refractivity contribution in [2.24, 2.45) is 0 Å². The van der Waals surface area contributed by atoms with Gasteiger partial charge in [0.05, 0.1) is 18.1 Å². The highest BCUT2D eigenvalue weighted by Crippen LogP contribution is 2.37. The summed E-state index contributed by atoms with van der Waals surface area (Å²) in [6.45, 7) is 1.20. The first-order valence-electron chi connectivity index (χ1n) is 7.11. The highest BCUT2D eigenvalue weighted by Gasteiger charge is 2.17. The van der Waals surface area contributed by atoms with Gasteiger partial charge in [-0.15, -0.1) is 0 Å². The number of methoxy groups -OCH3 is 1. The molecule has 0 N–H and O–H groups in total. The molecule has 3 rings (SSSR count). The third kappa shape index (κ3) is 3.38. The van der Waals surface area contributed by atoms with E-state index in [1.807, 2.05) is 12.1 Å². The number of benzene rings is 2. The highest BCUT2D eigenvalue weighted by molar-refractivity contribution is 9.10. The summed E-state index contributed by atoms with van der Waals surface area (Å²) in [5.41, 5.74) is 0.764. The van der Waals surface area contributed by atoms with Gasteiger partial charge in [-0.05, 0) is 18.2 Å². The van der Waals surface area contributed by atoms with Crippen LogP contribution in [0.4, 0.5) is 5.69 Å². The maximum Gasteiger partial charge on any atom is 0.273 e. The minimum atomic E-state index is -0.480. The topological polar surface area (TPSA) is 80.1 Å². The van der Waals surface area contributed by atoms with Crippen molar-refractivity contribution in [3.05, 3.63) is 50.5 Å². The molecule has 1 aliphatic rings. The number of hydrogen-bond donors (Lipinski definition) is 0. The zero-order valence-electron chi connectivity index (χ0n) is 12.8. The van der Waals surface area contributed by atoms with Crippen molar-refractivity contribution in [1.82, 2.24) is 0 Å². The van der Waals surface area contributed by atoms with Crippen LogP contribution < -0.4 is 18.9 Å². The van der Waals surface area contributed by atoms with Gasteiger partial charge in [0, 0.05) is 16.1 Å². The smallest absolute Gasteiger partial charge is 0.273 e. The Labute approximate surface area is 146 Å². The van der Waals surface area contributed by atoms with Crippen molar-refractivity contribution >= 4 is 21.6 Å². The fourth-order valence-corrected chi connectivity index (χ4v) is 2.70. The molecule has 0 saturated carbocycles. The van der Waals surface area contributed by atoms with Crippen LogP contribution in [-0.4, -0.2) is 25.2 Å². The largest absolute Gasteiger partial charge is 0.493 e. The van der Waals surface area contributed by atoms with Crippen LogP contribution in [0.3, 0.4) is 0 Å². The molecule has 126 valence electrons. The third-order valence-corrected chi connectivity index (χ3v) is 4.19. The van der Waals surface area contributed by atoms with Crippen LogP contribution in [0.5, 0.6) is 23.0 Å². The fraction of sp³-hybridized carbons (Fsp3) is 0.250. The monoisotopic (exact) mass is 395 g/mol. The minimum Gasteiger partial charge on any atom is -0.493 e. The first-order valence-corrected chi connectivity index (χ1v) is 7.91. The highest BCUT2D eigenvalue weighted by atomic mass is 79.9. The average molecular weight is 396 g/mol. The summed E-state index contributed by atoms with van der Waals surface area (Å²) < 4.78 is 22.8. The van der Waals surface area contributed by atoms with E-state index >= 15 is 0 Å². The van der Waals surface area contributed by atoms with E-state index in [-0.39, 0.29) is 12.3 Å². The van der Waals surface area contributed by atoms with Gasteiger partial charge in [-0.2, -0.15) is 0 Å². The maximum atomic E-state index is 10.9. The molecular weight excluding hydrogens is 382 g/mol. The van der Waals surface area contributed by atoms with E-state index in [1.54, 1.807) is 0 Å². The van der Waals surface area contributed by atoms with Crippen molar-refractivity contribution in [3.8, 4) is 23.0 Å². The predicted molar refractivity (Wildman–Crippen MR) is 89.1 cm³/mol. The van der Waals surface area contributed by atoms with Gasteiger partial charge in [-0.1, -0.05) is 15.9 Å². The second-order valence-electron chi connectivity index (χ2n) is 4.97. The van der Waals surface area contributed by atoms with Gasteiger partial charge in [-0.3, -0.25) is 10.1 Å². The van der Waals surface area contributed by atoms with E-state index in [9.17, 15) is 10.1 Å². The summed E-state index contributed by atoms with van der Waals surface area (Å²) >= 11 is 3.47. The first kappa shape index (κ1) is 16.4. The van der Waals surface area contributed by atoms with Gasteiger partial charge in [0.25, 0.3) is 5.69 Å². The van der Waals surface area contributed by atoms with E-state index in [4.69, 9.17) is 18.9 Å². The van der Waals surface area contributed by atoms with Gasteiger partial charge in [0.15, 0.2) is 23.0 Å². The lowest BCUT2D eigenvalue weighted by molar-refractivity contribution is -0.385. The van der Waals surface area contributed by atoms with Crippen LogP contribution >= 0.6 is 15.9 Å². The van der Waals surface area contributed by atoms with Crippen molar-refractivity contribution in [1.29, 1.82) is 0 Å². The number of nitrogens with zero attached hydrogens (tertiary/aromatic N) is 1. The molecule has 0 fully saturated rings. The number of rotatable bonds is 5. The second kappa shape index (κ2) is 6.96. The van der Waals surface area contributed by atoms with E-state index < -0.39 is 4.92 Å². The lowest BCUT2D eigenvalue weighted by Crippen LogP contribution is -2.15. The maximum absolute atomic E-state index is 10.9. The molecule has 8 heteroatoms. The Bertz CT molecular complexity index is 779. The molecular formula is C16H14BrNO6. The molecule has 0 saturated heterocycles. The number of halogens is 1. The molecule has 1 aliphatic heterocycles. The van der Waals surface area contributed by atoms with Crippen LogP contribution in [0.2, 0.25) is 0 Å². The molecule has 0 aliphatic carbocycles. The Hall–Kier alpha value is -2.48. The van der Waals surface area contributed by atoms with Gasteiger partial charge in [0.1, 0.15) is 19.8 Å². The summed E-state index contributed by atoms with van der Waals surface area (Å²) in [6.07, 6.45) is 0. The Morgan fingerprint density at radius 3 is 2.54 bits per heavy atom. The van der Waals surface area contributed by atoms with Gasteiger partial charge >= 0.3 is 0 Å². The summed E-state index contributed by atoms with van der Waals surface area (Å²) in [7, 11) is 1.48. The zero-order valence-corrected chi connectivity index (χ0v) is 14.4. The van der Waals surface area contributed by atoms with Gasteiger partial charge < -0.3 is 18.9 Å². The number of ether oxygens (including phenoxy) is 4. The quantitative estimate of drug-likeness (QED) is 0.566. The number of nitro benzene ring substituents is 1. The summed E-state index contributed by atoms with van der Waals surface area (Å²) in [5, 5.41) is 10.9. The van der Waals surface area contributed by atoms with E-state index in [1.165, 1.54) is 25.3 Å². The number of hydrogen-bond acceptors (Lipinski definition) is 6. The van der Waals surface area contributed by atoms with Crippen LogP contribution in [-0.2, 0) is 6.61 Å². The van der Waals surface area contributed by atoms with Crippen LogP contribution in [0.15, 0.2) is 34.8 Å². The van der Waals surface area contributed by atoms with Crippen molar-refractivity contribution < 1.29 is 23.9 Å². The number of nitro groups is 1. The predicted octanol–water partition coefficient (Wildman–Crippen LogP) is 3.72. The SMILES string of the molecule is COc1ccc([N+](=O)[O-])cc1OCc1cc2c(cc1Br)OCCO2. The summed E-state index contributed by atoms with van der Waals surface area (Å²) in [5.74, 6) is 2.04. The molecule has 0 unspecified atom stereocenters.